The number of ether oxygens (including phenoxy) is 1. The number of nitro groups is 1. The third kappa shape index (κ3) is 2.40. The molecular weight excluding hydrogens is 246 g/mol. The van der Waals surface area contributed by atoms with Crippen LogP contribution in [-0.2, 0) is 4.74 Å². The molecule has 98 valence electrons. The lowest BCUT2D eigenvalue weighted by Crippen LogP contribution is -2.45. The van der Waals surface area contributed by atoms with Crippen LogP contribution in [0.5, 0.6) is 0 Å². The molecule has 0 aliphatic carbocycles. The Labute approximate surface area is 102 Å². The van der Waals surface area contributed by atoms with Gasteiger partial charge in [0.15, 0.2) is 0 Å². The van der Waals surface area contributed by atoms with E-state index >= 15 is 0 Å². The van der Waals surface area contributed by atoms with Crippen LogP contribution in [0.4, 0.5) is 20.2 Å². The standard InChI is InChI=1S/C11H12F2N2O3/c1-11(5-18-6-11)4-14-9-3-10(15(16)17)8(13)2-7(9)12/h2-3,14H,4-6H2,1H3. The Hall–Kier alpha value is -1.76. The molecule has 18 heavy (non-hydrogen) atoms. The molecule has 1 fully saturated rings. The van der Waals surface area contributed by atoms with Crippen molar-refractivity contribution in [3.05, 3.63) is 33.9 Å². The van der Waals surface area contributed by atoms with Crippen LogP contribution in [0.15, 0.2) is 12.1 Å². The van der Waals surface area contributed by atoms with E-state index in [2.05, 4.69) is 5.32 Å². The van der Waals surface area contributed by atoms with Crippen molar-refractivity contribution in [2.24, 2.45) is 5.41 Å². The second-order valence-corrected chi connectivity index (χ2v) is 4.70. The van der Waals surface area contributed by atoms with Gasteiger partial charge in [-0.15, -0.1) is 0 Å². The average molecular weight is 258 g/mol. The van der Waals surface area contributed by atoms with Gasteiger partial charge in [0.05, 0.1) is 23.8 Å². The number of nitrogens with zero attached hydrogens (tertiary/aromatic N) is 1. The predicted molar refractivity (Wildman–Crippen MR) is 60.4 cm³/mol. The van der Waals surface area contributed by atoms with Gasteiger partial charge in [-0.1, -0.05) is 6.92 Å². The molecule has 1 heterocycles. The number of hydrogen-bond acceptors (Lipinski definition) is 4. The van der Waals surface area contributed by atoms with Gasteiger partial charge in [-0.05, 0) is 0 Å². The lowest BCUT2D eigenvalue weighted by molar-refractivity contribution is -0.387. The van der Waals surface area contributed by atoms with Crippen molar-refractivity contribution in [3.8, 4) is 0 Å². The summed E-state index contributed by atoms with van der Waals surface area (Å²) in [6.45, 7) is 3.45. The van der Waals surface area contributed by atoms with E-state index in [1.54, 1.807) is 0 Å². The van der Waals surface area contributed by atoms with E-state index in [4.69, 9.17) is 4.74 Å². The highest BCUT2D eigenvalue weighted by Crippen LogP contribution is 2.29. The molecule has 0 saturated carbocycles. The summed E-state index contributed by atoms with van der Waals surface area (Å²) >= 11 is 0. The molecule has 5 nitrogen and oxygen atoms in total. The van der Waals surface area contributed by atoms with E-state index in [1.807, 2.05) is 6.92 Å². The SMILES string of the molecule is CC1(CNc2cc([N+](=O)[O-])c(F)cc2F)COC1. The van der Waals surface area contributed by atoms with Gasteiger partial charge in [0.1, 0.15) is 5.82 Å². The Morgan fingerprint density at radius 1 is 1.44 bits per heavy atom. The Bertz CT molecular complexity index is 489. The highest BCUT2D eigenvalue weighted by Gasteiger charge is 2.33. The van der Waals surface area contributed by atoms with Crippen molar-refractivity contribution in [2.75, 3.05) is 25.1 Å². The van der Waals surface area contributed by atoms with Crippen LogP contribution in [-0.4, -0.2) is 24.7 Å². The monoisotopic (exact) mass is 258 g/mol. The Morgan fingerprint density at radius 2 is 2.11 bits per heavy atom. The van der Waals surface area contributed by atoms with Crippen molar-refractivity contribution in [1.29, 1.82) is 0 Å². The maximum atomic E-state index is 13.4. The van der Waals surface area contributed by atoms with E-state index < -0.39 is 22.2 Å². The minimum absolute atomic E-state index is 0.0729. The molecular formula is C11H12F2N2O3. The van der Waals surface area contributed by atoms with Crippen LogP contribution in [0.3, 0.4) is 0 Å². The lowest BCUT2D eigenvalue weighted by atomic mass is 9.88. The largest absolute Gasteiger partial charge is 0.382 e. The quantitative estimate of drug-likeness (QED) is 0.665. The molecule has 2 rings (SSSR count). The normalized spacial score (nSPS) is 17.1. The van der Waals surface area contributed by atoms with Crippen LogP contribution in [0, 0.1) is 27.2 Å². The summed E-state index contributed by atoms with van der Waals surface area (Å²) in [5.41, 5.74) is -0.930. The van der Waals surface area contributed by atoms with Crippen LogP contribution < -0.4 is 5.32 Å². The van der Waals surface area contributed by atoms with Gasteiger partial charge < -0.3 is 10.1 Å². The number of nitrogens with one attached hydrogen (secondary N) is 1. The first-order valence-corrected chi connectivity index (χ1v) is 5.36. The van der Waals surface area contributed by atoms with E-state index in [0.29, 0.717) is 25.8 Å². The summed E-state index contributed by atoms with van der Waals surface area (Å²) in [4.78, 5) is 9.67. The Morgan fingerprint density at radius 3 is 2.61 bits per heavy atom. The van der Waals surface area contributed by atoms with Crippen LogP contribution in [0.25, 0.3) is 0 Å². The first kappa shape index (κ1) is 12.7. The fraction of sp³-hybridized carbons (Fsp3) is 0.455. The molecule has 1 saturated heterocycles. The molecule has 1 aliphatic rings. The zero-order chi connectivity index (χ0) is 13.3. The first-order valence-electron chi connectivity index (χ1n) is 5.36. The zero-order valence-electron chi connectivity index (χ0n) is 9.70. The lowest BCUT2D eigenvalue weighted by Gasteiger charge is -2.38. The fourth-order valence-electron chi connectivity index (χ4n) is 1.67. The smallest absolute Gasteiger partial charge is 0.307 e. The maximum absolute atomic E-state index is 13.4. The minimum Gasteiger partial charge on any atom is -0.382 e. The van der Waals surface area contributed by atoms with Gasteiger partial charge in [0.25, 0.3) is 0 Å². The summed E-state index contributed by atoms with van der Waals surface area (Å²) in [5, 5.41) is 13.3. The molecule has 0 amide bonds. The second-order valence-electron chi connectivity index (χ2n) is 4.70. The Balaban J connectivity index is 2.16. The van der Waals surface area contributed by atoms with Crippen molar-refractivity contribution in [1.82, 2.24) is 0 Å². The molecule has 0 spiro atoms. The van der Waals surface area contributed by atoms with Crippen LogP contribution in [0.2, 0.25) is 0 Å². The van der Waals surface area contributed by atoms with Crippen molar-refractivity contribution >= 4 is 11.4 Å². The van der Waals surface area contributed by atoms with Gasteiger partial charge in [-0.3, -0.25) is 10.1 Å². The van der Waals surface area contributed by atoms with Crippen molar-refractivity contribution < 1.29 is 18.4 Å². The highest BCUT2D eigenvalue weighted by molar-refractivity contribution is 5.53. The molecule has 0 bridgehead atoms. The Kier molecular flexibility index (Phi) is 3.16. The fourth-order valence-corrected chi connectivity index (χ4v) is 1.67. The van der Waals surface area contributed by atoms with E-state index in [9.17, 15) is 18.9 Å². The number of halogens is 2. The van der Waals surface area contributed by atoms with E-state index in [1.165, 1.54) is 0 Å². The summed E-state index contributed by atoms with van der Waals surface area (Å²) in [6.07, 6.45) is 0. The minimum atomic E-state index is -1.18. The molecule has 1 aromatic rings. The van der Waals surface area contributed by atoms with E-state index in [-0.39, 0.29) is 11.1 Å². The van der Waals surface area contributed by atoms with Crippen LogP contribution in [0.1, 0.15) is 6.92 Å². The maximum Gasteiger partial charge on any atom is 0.307 e. The summed E-state index contributed by atoms with van der Waals surface area (Å²) in [7, 11) is 0. The number of hydrogen-bond donors (Lipinski definition) is 1. The first-order chi connectivity index (χ1) is 8.41. The summed E-state index contributed by atoms with van der Waals surface area (Å²) < 4.78 is 31.6. The molecule has 0 unspecified atom stereocenters. The molecule has 0 aromatic heterocycles. The summed E-state index contributed by atoms with van der Waals surface area (Å²) in [6, 6.07) is 1.38. The number of nitro benzene ring substituents is 1. The van der Waals surface area contributed by atoms with Gasteiger partial charge in [0.2, 0.25) is 5.82 Å². The number of rotatable bonds is 4. The van der Waals surface area contributed by atoms with Crippen molar-refractivity contribution in [2.45, 2.75) is 6.92 Å². The number of benzene rings is 1. The third-order valence-corrected chi connectivity index (χ3v) is 2.84. The molecule has 1 aliphatic heterocycles. The molecule has 0 atom stereocenters. The summed E-state index contributed by atoms with van der Waals surface area (Å²) in [5.74, 6) is -2.02. The van der Waals surface area contributed by atoms with Gasteiger partial charge in [0, 0.05) is 24.1 Å². The molecule has 1 aromatic carbocycles. The predicted octanol–water partition coefficient (Wildman–Crippen LogP) is 2.32. The molecule has 1 N–H and O–H groups in total. The third-order valence-electron chi connectivity index (χ3n) is 2.84. The molecule has 0 radical (unpaired) electrons. The van der Waals surface area contributed by atoms with Crippen molar-refractivity contribution in [3.63, 3.8) is 0 Å². The molecule has 7 heteroatoms. The van der Waals surface area contributed by atoms with Gasteiger partial charge in [-0.2, -0.15) is 4.39 Å². The zero-order valence-corrected chi connectivity index (χ0v) is 9.70. The second kappa shape index (κ2) is 4.49. The van der Waals surface area contributed by atoms with Crippen LogP contribution >= 0.6 is 0 Å². The number of anilines is 1. The topological polar surface area (TPSA) is 64.4 Å². The van der Waals surface area contributed by atoms with E-state index in [0.717, 1.165) is 6.07 Å². The van der Waals surface area contributed by atoms with Gasteiger partial charge in [-0.25, -0.2) is 4.39 Å². The average Bonchev–Trinajstić information content (AvgIpc) is 2.25. The van der Waals surface area contributed by atoms with Gasteiger partial charge >= 0.3 is 5.69 Å². The highest BCUT2D eigenvalue weighted by atomic mass is 19.1.